The van der Waals surface area contributed by atoms with E-state index in [1.807, 2.05) is 0 Å². The van der Waals surface area contributed by atoms with Crippen LogP contribution in [0.3, 0.4) is 0 Å². The number of hydrogen-bond acceptors (Lipinski definition) is 3. The maximum absolute atomic E-state index is 11.8. The van der Waals surface area contributed by atoms with Gasteiger partial charge in [0, 0.05) is 12.6 Å². The summed E-state index contributed by atoms with van der Waals surface area (Å²) < 4.78 is 31.0. The third kappa shape index (κ3) is 3.36. The molecule has 1 aromatic carbocycles. The van der Waals surface area contributed by atoms with Crippen LogP contribution in [0, 0.1) is 0 Å². The highest BCUT2D eigenvalue weighted by Crippen LogP contribution is 2.16. The molecule has 0 aliphatic carbocycles. The molecule has 0 unspecified atom stereocenters. The number of methoxy groups -OCH3 is 1. The summed E-state index contributed by atoms with van der Waals surface area (Å²) in [6.45, 7) is 3.88. The highest BCUT2D eigenvalue weighted by Gasteiger charge is 2.13. The molecule has 5 heteroatoms. The lowest BCUT2D eigenvalue weighted by Gasteiger charge is -2.06. The Bertz CT molecular complexity index is 454. The lowest BCUT2D eigenvalue weighted by atomic mass is 10.3. The number of ether oxygens (including phenoxy) is 1. The van der Waals surface area contributed by atoms with E-state index in [-0.39, 0.29) is 4.90 Å². The molecular formula is C11H15NO3S. The molecule has 4 nitrogen and oxygen atoms in total. The van der Waals surface area contributed by atoms with Gasteiger partial charge in [-0.25, -0.2) is 13.1 Å². The average Bonchev–Trinajstić information content (AvgIpc) is 2.29. The standard InChI is InChI=1S/C11H15NO3S/c1-3-4-8-12-16(13,14)11-7-5-6-10(9-11)15-2/h3,5-7,9,12H,1,4,8H2,2H3. The molecule has 0 saturated carbocycles. The molecule has 0 bridgehead atoms. The van der Waals surface area contributed by atoms with Crippen LogP contribution >= 0.6 is 0 Å². The minimum atomic E-state index is -3.44. The molecule has 0 aromatic heterocycles. The van der Waals surface area contributed by atoms with Gasteiger partial charge in [-0.1, -0.05) is 12.1 Å². The van der Waals surface area contributed by atoms with Crippen LogP contribution < -0.4 is 9.46 Å². The van der Waals surface area contributed by atoms with Gasteiger partial charge in [0.2, 0.25) is 10.0 Å². The van der Waals surface area contributed by atoms with Crippen molar-refractivity contribution < 1.29 is 13.2 Å². The van der Waals surface area contributed by atoms with Crippen molar-refractivity contribution >= 4 is 10.0 Å². The summed E-state index contributed by atoms with van der Waals surface area (Å²) in [5, 5.41) is 0. The first kappa shape index (κ1) is 12.7. The largest absolute Gasteiger partial charge is 0.497 e. The summed E-state index contributed by atoms with van der Waals surface area (Å²) in [6.07, 6.45) is 2.26. The van der Waals surface area contributed by atoms with E-state index in [0.29, 0.717) is 18.7 Å². The van der Waals surface area contributed by atoms with E-state index in [1.54, 1.807) is 18.2 Å². The van der Waals surface area contributed by atoms with Crippen molar-refractivity contribution in [2.24, 2.45) is 0 Å². The smallest absolute Gasteiger partial charge is 0.240 e. The molecular weight excluding hydrogens is 226 g/mol. The molecule has 0 atom stereocenters. The van der Waals surface area contributed by atoms with Crippen LogP contribution in [0.5, 0.6) is 5.75 Å². The zero-order valence-corrected chi connectivity index (χ0v) is 9.96. The zero-order valence-electron chi connectivity index (χ0n) is 9.14. The van der Waals surface area contributed by atoms with E-state index < -0.39 is 10.0 Å². The minimum absolute atomic E-state index is 0.205. The molecule has 1 aromatic rings. The fraction of sp³-hybridized carbons (Fsp3) is 0.273. The van der Waals surface area contributed by atoms with Gasteiger partial charge < -0.3 is 4.74 Å². The van der Waals surface area contributed by atoms with Crippen LogP contribution in [-0.4, -0.2) is 22.1 Å². The van der Waals surface area contributed by atoms with Gasteiger partial charge in [0.1, 0.15) is 5.75 Å². The minimum Gasteiger partial charge on any atom is -0.497 e. The molecule has 0 aliphatic rings. The Balaban J connectivity index is 2.84. The Morgan fingerprint density at radius 1 is 1.50 bits per heavy atom. The molecule has 0 fully saturated rings. The lowest BCUT2D eigenvalue weighted by Crippen LogP contribution is -2.24. The summed E-state index contributed by atoms with van der Waals surface area (Å²) in [5.41, 5.74) is 0. The van der Waals surface area contributed by atoms with Crippen LogP contribution in [0.4, 0.5) is 0 Å². The Labute approximate surface area is 96.0 Å². The van der Waals surface area contributed by atoms with Crippen molar-refractivity contribution in [3.05, 3.63) is 36.9 Å². The van der Waals surface area contributed by atoms with Crippen molar-refractivity contribution in [1.29, 1.82) is 0 Å². The first-order valence-corrected chi connectivity index (χ1v) is 6.33. The third-order valence-electron chi connectivity index (χ3n) is 1.99. The molecule has 1 N–H and O–H groups in total. The maximum Gasteiger partial charge on any atom is 0.240 e. The fourth-order valence-corrected chi connectivity index (χ4v) is 2.23. The predicted octanol–water partition coefficient (Wildman–Crippen LogP) is 1.55. The number of hydrogen-bond donors (Lipinski definition) is 1. The summed E-state index contributed by atoms with van der Waals surface area (Å²) >= 11 is 0. The summed E-state index contributed by atoms with van der Waals surface area (Å²) in [6, 6.07) is 6.35. The first-order chi connectivity index (χ1) is 7.60. The van der Waals surface area contributed by atoms with E-state index >= 15 is 0 Å². The highest BCUT2D eigenvalue weighted by atomic mass is 32.2. The van der Waals surface area contributed by atoms with Crippen molar-refractivity contribution in [2.75, 3.05) is 13.7 Å². The van der Waals surface area contributed by atoms with Gasteiger partial charge in [0.05, 0.1) is 12.0 Å². The molecule has 0 spiro atoms. The summed E-state index contributed by atoms with van der Waals surface area (Å²) in [4.78, 5) is 0.205. The molecule has 1 rings (SSSR count). The van der Waals surface area contributed by atoms with Crippen LogP contribution in [0.15, 0.2) is 41.8 Å². The second-order valence-electron chi connectivity index (χ2n) is 3.15. The van der Waals surface area contributed by atoms with Gasteiger partial charge in [-0.3, -0.25) is 0 Å². The third-order valence-corrected chi connectivity index (χ3v) is 3.45. The van der Waals surface area contributed by atoms with E-state index in [9.17, 15) is 8.42 Å². The maximum atomic E-state index is 11.8. The average molecular weight is 241 g/mol. The molecule has 16 heavy (non-hydrogen) atoms. The van der Waals surface area contributed by atoms with Crippen molar-refractivity contribution in [1.82, 2.24) is 4.72 Å². The molecule has 0 heterocycles. The van der Waals surface area contributed by atoms with Gasteiger partial charge in [-0.2, -0.15) is 0 Å². The van der Waals surface area contributed by atoms with Crippen LogP contribution in [0.2, 0.25) is 0 Å². The van der Waals surface area contributed by atoms with Gasteiger partial charge >= 0.3 is 0 Å². The number of nitrogens with one attached hydrogen (secondary N) is 1. The quantitative estimate of drug-likeness (QED) is 0.607. The molecule has 0 saturated heterocycles. The SMILES string of the molecule is C=CCCNS(=O)(=O)c1cccc(OC)c1. The second-order valence-corrected chi connectivity index (χ2v) is 4.92. The van der Waals surface area contributed by atoms with Crippen LogP contribution in [0.25, 0.3) is 0 Å². The zero-order chi connectivity index (χ0) is 12.0. The first-order valence-electron chi connectivity index (χ1n) is 4.85. The number of sulfonamides is 1. The molecule has 0 radical (unpaired) electrons. The van der Waals surface area contributed by atoms with E-state index in [0.717, 1.165) is 0 Å². The van der Waals surface area contributed by atoms with Gasteiger partial charge in [-0.05, 0) is 18.6 Å². The Morgan fingerprint density at radius 3 is 2.88 bits per heavy atom. The van der Waals surface area contributed by atoms with Gasteiger partial charge in [0.25, 0.3) is 0 Å². The summed E-state index contributed by atoms with van der Waals surface area (Å²) in [7, 11) is -1.95. The second kappa shape index (κ2) is 5.67. The van der Waals surface area contributed by atoms with Crippen LogP contribution in [-0.2, 0) is 10.0 Å². The number of benzene rings is 1. The number of rotatable bonds is 6. The van der Waals surface area contributed by atoms with Gasteiger partial charge in [0.15, 0.2) is 0 Å². The van der Waals surface area contributed by atoms with E-state index in [4.69, 9.17) is 4.74 Å². The lowest BCUT2D eigenvalue weighted by molar-refractivity contribution is 0.413. The van der Waals surface area contributed by atoms with Crippen LogP contribution in [0.1, 0.15) is 6.42 Å². The fourth-order valence-electron chi connectivity index (χ4n) is 1.15. The van der Waals surface area contributed by atoms with E-state index in [2.05, 4.69) is 11.3 Å². The topological polar surface area (TPSA) is 55.4 Å². The van der Waals surface area contributed by atoms with Crippen molar-refractivity contribution in [3.8, 4) is 5.75 Å². The molecule has 0 amide bonds. The summed E-state index contributed by atoms with van der Waals surface area (Å²) in [5.74, 6) is 0.520. The predicted molar refractivity (Wildman–Crippen MR) is 63.0 cm³/mol. The molecule has 0 aliphatic heterocycles. The Kier molecular flexibility index (Phi) is 4.52. The molecule has 88 valence electrons. The Hall–Kier alpha value is -1.33. The van der Waals surface area contributed by atoms with Crippen molar-refractivity contribution in [3.63, 3.8) is 0 Å². The Morgan fingerprint density at radius 2 is 2.25 bits per heavy atom. The monoisotopic (exact) mass is 241 g/mol. The normalized spacial score (nSPS) is 11.1. The van der Waals surface area contributed by atoms with Gasteiger partial charge in [-0.15, -0.1) is 6.58 Å². The van der Waals surface area contributed by atoms with E-state index in [1.165, 1.54) is 19.2 Å². The highest BCUT2D eigenvalue weighted by molar-refractivity contribution is 7.89. The van der Waals surface area contributed by atoms with Crippen molar-refractivity contribution in [2.45, 2.75) is 11.3 Å².